The van der Waals surface area contributed by atoms with Crippen molar-refractivity contribution in [1.82, 2.24) is 20.9 Å². The first-order chi connectivity index (χ1) is 11.0. The molecule has 2 aliphatic rings. The van der Waals surface area contributed by atoms with Gasteiger partial charge in [-0.2, -0.15) is 0 Å². The lowest BCUT2D eigenvalue weighted by Crippen LogP contribution is -2.53. The predicted octanol–water partition coefficient (Wildman–Crippen LogP) is 0.752. The maximum absolute atomic E-state index is 12.3. The van der Waals surface area contributed by atoms with Crippen LogP contribution >= 0.6 is 0 Å². The summed E-state index contributed by atoms with van der Waals surface area (Å²) in [7, 11) is 0. The number of pyridine rings is 1. The first kappa shape index (κ1) is 15.5. The van der Waals surface area contributed by atoms with Crippen LogP contribution in [0.25, 0.3) is 0 Å². The van der Waals surface area contributed by atoms with E-state index < -0.39 is 11.6 Å². The molecule has 0 aromatic carbocycles. The second kappa shape index (κ2) is 5.98. The summed E-state index contributed by atoms with van der Waals surface area (Å²) in [6, 6.07) is 3.19. The Morgan fingerprint density at radius 2 is 2.30 bits per heavy atom. The summed E-state index contributed by atoms with van der Waals surface area (Å²) in [4.78, 5) is 39.9. The minimum atomic E-state index is -0.872. The minimum absolute atomic E-state index is 0.104. The van der Waals surface area contributed by atoms with E-state index in [0.717, 1.165) is 24.8 Å². The molecular weight excluding hydrogens is 296 g/mol. The van der Waals surface area contributed by atoms with Crippen molar-refractivity contribution in [3.05, 3.63) is 29.6 Å². The van der Waals surface area contributed by atoms with Gasteiger partial charge in [-0.05, 0) is 37.0 Å². The van der Waals surface area contributed by atoms with E-state index >= 15 is 0 Å². The number of nitrogens with one attached hydrogen (secondary N) is 3. The lowest BCUT2D eigenvalue weighted by atomic mass is 9.87. The SMILES string of the molecule is CCc1ccnc(C(=O)NCC2CCCC23NC(=O)NC3=O)c1. The Hall–Kier alpha value is -2.44. The fourth-order valence-corrected chi connectivity index (χ4v) is 3.45. The largest absolute Gasteiger partial charge is 0.350 e. The molecule has 1 aromatic rings. The van der Waals surface area contributed by atoms with E-state index in [1.54, 1.807) is 12.3 Å². The monoisotopic (exact) mass is 316 g/mol. The molecule has 1 aromatic heterocycles. The number of imide groups is 1. The van der Waals surface area contributed by atoms with E-state index in [1.165, 1.54) is 0 Å². The number of nitrogens with zero attached hydrogens (tertiary/aromatic N) is 1. The predicted molar refractivity (Wildman–Crippen MR) is 82.7 cm³/mol. The molecule has 1 aliphatic carbocycles. The van der Waals surface area contributed by atoms with Crippen LogP contribution in [0.1, 0.15) is 42.2 Å². The zero-order valence-corrected chi connectivity index (χ0v) is 13.0. The molecule has 2 heterocycles. The molecule has 1 spiro atoms. The van der Waals surface area contributed by atoms with Crippen molar-refractivity contribution in [2.45, 2.75) is 38.1 Å². The van der Waals surface area contributed by atoms with Crippen LogP contribution < -0.4 is 16.0 Å². The molecule has 7 nitrogen and oxygen atoms in total. The molecule has 2 atom stereocenters. The topological polar surface area (TPSA) is 100 Å². The zero-order valence-electron chi connectivity index (χ0n) is 13.0. The summed E-state index contributed by atoms with van der Waals surface area (Å²) in [5, 5.41) is 7.89. The fraction of sp³-hybridized carbons (Fsp3) is 0.500. The first-order valence-corrected chi connectivity index (χ1v) is 7.92. The van der Waals surface area contributed by atoms with E-state index in [9.17, 15) is 14.4 Å². The van der Waals surface area contributed by atoms with Gasteiger partial charge >= 0.3 is 6.03 Å². The molecule has 1 aliphatic heterocycles. The van der Waals surface area contributed by atoms with E-state index in [-0.39, 0.29) is 17.7 Å². The molecule has 0 radical (unpaired) electrons. The van der Waals surface area contributed by atoms with Gasteiger partial charge in [0.1, 0.15) is 11.2 Å². The quantitative estimate of drug-likeness (QED) is 0.714. The van der Waals surface area contributed by atoms with Gasteiger partial charge in [-0.15, -0.1) is 0 Å². The van der Waals surface area contributed by atoms with Crippen molar-refractivity contribution in [3.8, 4) is 0 Å². The number of urea groups is 1. The number of carbonyl (C=O) groups is 3. The number of carbonyl (C=O) groups excluding carboxylic acids is 3. The molecule has 4 amide bonds. The summed E-state index contributed by atoms with van der Waals surface area (Å²) >= 11 is 0. The van der Waals surface area contributed by atoms with Crippen molar-refractivity contribution < 1.29 is 14.4 Å². The Labute approximate surface area is 134 Å². The number of amides is 4. The maximum Gasteiger partial charge on any atom is 0.322 e. The average molecular weight is 316 g/mol. The van der Waals surface area contributed by atoms with Crippen molar-refractivity contribution in [2.75, 3.05) is 6.54 Å². The van der Waals surface area contributed by atoms with Crippen LogP contribution in [0.15, 0.2) is 18.3 Å². The van der Waals surface area contributed by atoms with Crippen LogP contribution in [0.4, 0.5) is 4.79 Å². The lowest BCUT2D eigenvalue weighted by molar-refractivity contribution is -0.125. The van der Waals surface area contributed by atoms with Gasteiger partial charge in [-0.25, -0.2) is 4.79 Å². The van der Waals surface area contributed by atoms with Gasteiger partial charge in [0.05, 0.1) is 0 Å². The summed E-state index contributed by atoms with van der Waals surface area (Å²) in [5.74, 6) is -0.648. The third kappa shape index (κ3) is 2.78. The van der Waals surface area contributed by atoms with Gasteiger partial charge in [0.15, 0.2) is 0 Å². The summed E-state index contributed by atoms with van der Waals surface area (Å²) in [6.07, 6.45) is 4.69. The minimum Gasteiger partial charge on any atom is -0.350 e. The number of aryl methyl sites for hydroxylation is 1. The standard InChI is InChI=1S/C16H20N4O3/c1-2-10-5-7-17-12(8-10)13(21)18-9-11-4-3-6-16(11)14(22)19-15(23)20-16/h5,7-8,11H,2-4,6,9H2,1H3,(H,18,21)(H2,19,20,22,23). The van der Waals surface area contributed by atoms with Crippen molar-refractivity contribution in [3.63, 3.8) is 0 Å². The molecular formula is C16H20N4O3. The van der Waals surface area contributed by atoms with Crippen molar-refractivity contribution >= 4 is 17.8 Å². The molecule has 3 N–H and O–H groups in total. The molecule has 23 heavy (non-hydrogen) atoms. The van der Waals surface area contributed by atoms with E-state index in [4.69, 9.17) is 0 Å². The van der Waals surface area contributed by atoms with Gasteiger partial charge in [0.25, 0.3) is 11.8 Å². The third-order valence-corrected chi connectivity index (χ3v) is 4.76. The van der Waals surface area contributed by atoms with Gasteiger partial charge in [0.2, 0.25) is 0 Å². The number of aromatic nitrogens is 1. The van der Waals surface area contributed by atoms with Gasteiger partial charge < -0.3 is 10.6 Å². The first-order valence-electron chi connectivity index (χ1n) is 7.92. The Morgan fingerprint density at radius 3 is 3.00 bits per heavy atom. The number of hydrogen-bond donors (Lipinski definition) is 3. The summed E-state index contributed by atoms with van der Waals surface area (Å²) < 4.78 is 0. The molecule has 2 fully saturated rings. The van der Waals surface area contributed by atoms with Crippen LogP contribution in [0.5, 0.6) is 0 Å². The zero-order chi connectivity index (χ0) is 16.4. The summed E-state index contributed by atoms with van der Waals surface area (Å²) in [6.45, 7) is 2.35. The van der Waals surface area contributed by atoms with Gasteiger partial charge in [0, 0.05) is 18.7 Å². The van der Waals surface area contributed by atoms with Crippen molar-refractivity contribution in [1.29, 1.82) is 0 Å². The molecule has 122 valence electrons. The van der Waals surface area contributed by atoms with E-state index in [0.29, 0.717) is 18.7 Å². The summed E-state index contributed by atoms with van der Waals surface area (Å²) in [5.41, 5.74) is 0.546. The average Bonchev–Trinajstić information content (AvgIpc) is 3.08. The Kier molecular flexibility index (Phi) is 4.02. The van der Waals surface area contributed by atoms with Crippen LogP contribution in [0.2, 0.25) is 0 Å². The highest BCUT2D eigenvalue weighted by atomic mass is 16.2. The highest BCUT2D eigenvalue weighted by Gasteiger charge is 2.54. The fourth-order valence-electron chi connectivity index (χ4n) is 3.45. The third-order valence-electron chi connectivity index (χ3n) is 4.76. The number of hydrogen-bond acceptors (Lipinski definition) is 4. The van der Waals surface area contributed by atoms with Crippen LogP contribution in [-0.4, -0.2) is 34.9 Å². The molecule has 2 unspecified atom stereocenters. The Morgan fingerprint density at radius 1 is 1.48 bits per heavy atom. The van der Waals surface area contributed by atoms with Crippen molar-refractivity contribution in [2.24, 2.45) is 5.92 Å². The van der Waals surface area contributed by atoms with Crippen LogP contribution in [-0.2, 0) is 11.2 Å². The molecule has 1 saturated heterocycles. The maximum atomic E-state index is 12.3. The Balaban J connectivity index is 1.66. The van der Waals surface area contributed by atoms with Crippen LogP contribution in [0.3, 0.4) is 0 Å². The molecule has 3 rings (SSSR count). The second-order valence-corrected chi connectivity index (χ2v) is 6.08. The molecule has 0 bridgehead atoms. The molecule has 7 heteroatoms. The second-order valence-electron chi connectivity index (χ2n) is 6.08. The van der Waals surface area contributed by atoms with Gasteiger partial charge in [-0.3, -0.25) is 19.9 Å². The highest BCUT2D eigenvalue weighted by molar-refractivity contribution is 6.07. The van der Waals surface area contributed by atoms with E-state index in [2.05, 4.69) is 20.9 Å². The highest BCUT2D eigenvalue weighted by Crippen LogP contribution is 2.37. The lowest BCUT2D eigenvalue weighted by Gasteiger charge is -2.28. The van der Waals surface area contributed by atoms with Crippen LogP contribution in [0, 0.1) is 5.92 Å². The Bertz CT molecular complexity index is 660. The smallest absolute Gasteiger partial charge is 0.322 e. The molecule has 1 saturated carbocycles. The number of rotatable bonds is 4. The van der Waals surface area contributed by atoms with Gasteiger partial charge in [-0.1, -0.05) is 13.3 Å². The van der Waals surface area contributed by atoms with E-state index in [1.807, 2.05) is 13.0 Å². The normalized spacial score (nSPS) is 26.2.